The highest BCUT2D eigenvalue weighted by Crippen LogP contribution is 2.23. The molecular formula is C19H20N4O3. The van der Waals surface area contributed by atoms with Gasteiger partial charge in [-0.15, -0.1) is 0 Å². The minimum Gasteiger partial charge on any atom is -0.379 e. The predicted molar refractivity (Wildman–Crippen MR) is 96.9 cm³/mol. The van der Waals surface area contributed by atoms with E-state index in [9.17, 15) is 4.79 Å². The number of H-pyrrole nitrogens is 1. The van der Waals surface area contributed by atoms with Crippen LogP contribution in [0.15, 0.2) is 42.5 Å². The third-order valence-corrected chi connectivity index (χ3v) is 4.56. The Labute approximate surface area is 150 Å². The number of imidazole rings is 1. The second kappa shape index (κ2) is 7.25. The lowest BCUT2D eigenvalue weighted by Gasteiger charge is -2.26. The van der Waals surface area contributed by atoms with E-state index >= 15 is 0 Å². The second-order valence-corrected chi connectivity index (χ2v) is 6.35. The first kappa shape index (κ1) is 16.7. The zero-order valence-corrected chi connectivity index (χ0v) is 14.2. The Morgan fingerprint density at radius 2 is 2.08 bits per heavy atom. The molecule has 0 aliphatic carbocycles. The number of carbonyl (C=O) groups is 1. The van der Waals surface area contributed by atoms with Gasteiger partial charge >= 0.3 is 0 Å². The number of aromatic nitrogens is 2. The molecule has 0 atom stereocenters. The van der Waals surface area contributed by atoms with Crippen molar-refractivity contribution in [3.05, 3.63) is 53.6 Å². The fraction of sp³-hybridized carbons (Fsp3) is 0.263. The van der Waals surface area contributed by atoms with E-state index in [0.717, 1.165) is 55.3 Å². The first-order chi connectivity index (χ1) is 12.7. The number of hydrogen-bond donors (Lipinski definition) is 3. The zero-order chi connectivity index (χ0) is 17.9. The van der Waals surface area contributed by atoms with Crippen LogP contribution in [0.4, 0.5) is 0 Å². The maximum Gasteiger partial charge on any atom is 0.274 e. The SMILES string of the molecule is O=C(NO)c1ccc2nc(-c3cccc(CN4CCOCC4)c3)[nH]c2c1. The van der Waals surface area contributed by atoms with Crippen molar-refractivity contribution in [1.29, 1.82) is 0 Å². The van der Waals surface area contributed by atoms with Gasteiger partial charge in [-0.3, -0.25) is 14.9 Å². The number of nitrogens with zero attached hydrogens (tertiary/aromatic N) is 2. The number of aromatic amines is 1. The Bertz CT molecular complexity index is 931. The summed E-state index contributed by atoms with van der Waals surface area (Å²) in [4.78, 5) is 21.8. The summed E-state index contributed by atoms with van der Waals surface area (Å²) in [6, 6.07) is 13.4. The third-order valence-electron chi connectivity index (χ3n) is 4.56. The summed E-state index contributed by atoms with van der Waals surface area (Å²) in [7, 11) is 0. The molecule has 1 amide bonds. The molecule has 26 heavy (non-hydrogen) atoms. The molecule has 4 rings (SSSR count). The number of fused-ring (bicyclic) bond motifs is 1. The van der Waals surface area contributed by atoms with Crippen LogP contribution < -0.4 is 5.48 Å². The maximum absolute atomic E-state index is 11.6. The molecule has 1 aliphatic rings. The van der Waals surface area contributed by atoms with Crippen LogP contribution in [0.25, 0.3) is 22.4 Å². The number of rotatable bonds is 4. The molecule has 3 aromatic rings. The van der Waals surface area contributed by atoms with Gasteiger partial charge in [-0.25, -0.2) is 10.5 Å². The van der Waals surface area contributed by atoms with Gasteiger partial charge < -0.3 is 9.72 Å². The van der Waals surface area contributed by atoms with Crippen molar-refractivity contribution >= 4 is 16.9 Å². The molecule has 2 heterocycles. The number of benzene rings is 2. The molecule has 0 radical (unpaired) electrons. The molecule has 7 nitrogen and oxygen atoms in total. The molecule has 0 bridgehead atoms. The van der Waals surface area contributed by atoms with Gasteiger partial charge in [-0.1, -0.05) is 18.2 Å². The minimum atomic E-state index is -0.546. The molecule has 2 aromatic carbocycles. The van der Waals surface area contributed by atoms with Crippen LogP contribution in [-0.4, -0.2) is 52.3 Å². The molecule has 0 saturated carbocycles. The Morgan fingerprint density at radius 1 is 1.23 bits per heavy atom. The van der Waals surface area contributed by atoms with E-state index in [0.29, 0.717) is 5.56 Å². The number of hydroxylamine groups is 1. The summed E-state index contributed by atoms with van der Waals surface area (Å²) in [5, 5.41) is 8.77. The number of ether oxygens (including phenoxy) is 1. The van der Waals surface area contributed by atoms with Gasteiger partial charge in [0.1, 0.15) is 5.82 Å². The molecule has 0 unspecified atom stereocenters. The summed E-state index contributed by atoms with van der Waals surface area (Å²) in [5.74, 6) is 0.209. The van der Waals surface area contributed by atoms with Crippen LogP contribution in [0.3, 0.4) is 0 Å². The average Bonchev–Trinajstić information content (AvgIpc) is 3.12. The van der Waals surface area contributed by atoms with Crippen molar-refractivity contribution < 1.29 is 14.7 Å². The van der Waals surface area contributed by atoms with Gasteiger partial charge in [-0.2, -0.15) is 0 Å². The molecule has 134 valence electrons. The largest absolute Gasteiger partial charge is 0.379 e. The number of nitrogens with one attached hydrogen (secondary N) is 2. The normalized spacial score (nSPS) is 15.3. The van der Waals surface area contributed by atoms with Crippen molar-refractivity contribution in [2.45, 2.75) is 6.54 Å². The average molecular weight is 352 g/mol. The van der Waals surface area contributed by atoms with E-state index < -0.39 is 5.91 Å². The van der Waals surface area contributed by atoms with Gasteiger partial charge in [0.05, 0.1) is 24.2 Å². The molecule has 7 heteroatoms. The van der Waals surface area contributed by atoms with E-state index in [4.69, 9.17) is 9.94 Å². The van der Waals surface area contributed by atoms with Gasteiger partial charge in [0.25, 0.3) is 5.91 Å². The van der Waals surface area contributed by atoms with Crippen LogP contribution in [0.2, 0.25) is 0 Å². The van der Waals surface area contributed by atoms with Crippen LogP contribution in [0, 0.1) is 0 Å². The summed E-state index contributed by atoms with van der Waals surface area (Å²) in [6.07, 6.45) is 0. The van der Waals surface area contributed by atoms with Crippen LogP contribution in [0.5, 0.6) is 0 Å². The first-order valence-corrected chi connectivity index (χ1v) is 8.56. The first-order valence-electron chi connectivity index (χ1n) is 8.56. The van der Waals surface area contributed by atoms with E-state index in [1.54, 1.807) is 23.7 Å². The molecular weight excluding hydrogens is 332 g/mol. The smallest absolute Gasteiger partial charge is 0.274 e. The third kappa shape index (κ3) is 3.45. The second-order valence-electron chi connectivity index (χ2n) is 6.35. The van der Waals surface area contributed by atoms with Gasteiger partial charge in [-0.05, 0) is 29.8 Å². The van der Waals surface area contributed by atoms with Crippen LogP contribution in [-0.2, 0) is 11.3 Å². The van der Waals surface area contributed by atoms with Crippen LogP contribution >= 0.6 is 0 Å². The highest BCUT2D eigenvalue weighted by Gasteiger charge is 2.13. The fourth-order valence-corrected chi connectivity index (χ4v) is 3.19. The topological polar surface area (TPSA) is 90.5 Å². The minimum absolute atomic E-state index is 0.372. The lowest BCUT2D eigenvalue weighted by atomic mass is 10.1. The zero-order valence-electron chi connectivity index (χ0n) is 14.2. The van der Waals surface area contributed by atoms with Gasteiger partial charge in [0, 0.05) is 30.8 Å². The molecule has 0 spiro atoms. The molecule has 1 aliphatic heterocycles. The van der Waals surface area contributed by atoms with Crippen molar-refractivity contribution in [1.82, 2.24) is 20.3 Å². The molecule has 3 N–H and O–H groups in total. The van der Waals surface area contributed by atoms with E-state index in [1.165, 1.54) is 5.56 Å². The van der Waals surface area contributed by atoms with Gasteiger partial charge in [0.2, 0.25) is 0 Å². The standard InChI is InChI=1S/C19H20N4O3/c24-19(22-25)15-4-5-16-17(11-15)21-18(20-16)14-3-1-2-13(10-14)12-23-6-8-26-9-7-23/h1-5,10-11,25H,6-9,12H2,(H,20,21)(H,22,24). The summed E-state index contributed by atoms with van der Waals surface area (Å²) in [5.41, 5.74) is 5.76. The molecule has 1 saturated heterocycles. The number of carbonyl (C=O) groups excluding carboxylic acids is 1. The summed E-state index contributed by atoms with van der Waals surface area (Å²) in [6.45, 7) is 4.35. The van der Waals surface area contributed by atoms with Crippen molar-refractivity contribution in [3.8, 4) is 11.4 Å². The lowest BCUT2D eigenvalue weighted by molar-refractivity contribution is 0.0342. The molecule has 1 fully saturated rings. The predicted octanol–water partition coefficient (Wildman–Crippen LogP) is 2.18. The Balaban J connectivity index is 1.60. The van der Waals surface area contributed by atoms with Crippen LogP contribution in [0.1, 0.15) is 15.9 Å². The Hall–Kier alpha value is -2.74. The number of hydrogen-bond acceptors (Lipinski definition) is 5. The van der Waals surface area contributed by atoms with Gasteiger partial charge in [0.15, 0.2) is 0 Å². The lowest BCUT2D eigenvalue weighted by Crippen LogP contribution is -2.35. The highest BCUT2D eigenvalue weighted by atomic mass is 16.5. The van der Waals surface area contributed by atoms with Crippen molar-refractivity contribution in [3.63, 3.8) is 0 Å². The maximum atomic E-state index is 11.6. The fourth-order valence-electron chi connectivity index (χ4n) is 3.19. The van der Waals surface area contributed by atoms with E-state index in [2.05, 4.69) is 27.0 Å². The van der Waals surface area contributed by atoms with E-state index in [1.807, 2.05) is 12.1 Å². The number of amides is 1. The quantitative estimate of drug-likeness (QED) is 0.495. The van der Waals surface area contributed by atoms with E-state index in [-0.39, 0.29) is 0 Å². The Morgan fingerprint density at radius 3 is 2.88 bits per heavy atom. The highest BCUT2D eigenvalue weighted by molar-refractivity contribution is 5.97. The summed E-state index contributed by atoms with van der Waals surface area (Å²) >= 11 is 0. The number of morpholine rings is 1. The van der Waals surface area contributed by atoms with Crippen molar-refractivity contribution in [2.75, 3.05) is 26.3 Å². The Kier molecular flexibility index (Phi) is 4.66. The monoisotopic (exact) mass is 352 g/mol. The molecule has 1 aromatic heterocycles. The summed E-state index contributed by atoms with van der Waals surface area (Å²) < 4.78 is 5.40. The van der Waals surface area contributed by atoms with Crippen molar-refractivity contribution in [2.24, 2.45) is 0 Å².